The lowest BCUT2D eigenvalue weighted by Gasteiger charge is -2.26. The molecule has 292 valence electrons. The number of hydrogen-bond acceptors (Lipinski definition) is 1. The Morgan fingerprint density at radius 2 is 0.839 bits per heavy atom. The minimum Gasteiger partial charge on any atom is -0.310 e. The first-order valence-corrected chi connectivity index (χ1v) is 21.7. The summed E-state index contributed by atoms with van der Waals surface area (Å²) in [4.78, 5) is 2.35. The van der Waals surface area contributed by atoms with E-state index in [1.54, 1.807) is 0 Å². The van der Waals surface area contributed by atoms with Crippen molar-refractivity contribution in [3.63, 3.8) is 0 Å². The highest BCUT2D eigenvalue weighted by molar-refractivity contribution is 6.25. The molecule has 0 spiro atoms. The fourth-order valence-corrected chi connectivity index (χ4v) is 10.5. The highest BCUT2D eigenvalue weighted by atomic mass is 15.1. The second-order valence-electron chi connectivity index (χ2n) is 17.2. The van der Waals surface area contributed by atoms with Crippen LogP contribution < -0.4 is 4.90 Å². The van der Waals surface area contributed by atoms with Crippen molar-refractivity contribution in [1.29, 1.82) is 0 Å². The first-order chi connectivity index (χ1) is 30.5. The van der Waals surface area contributed by atoms with Crippen LogP contribution in [0.25, 0.3) is 87.6 Å². The number of benzene rings is 11. The molecule has 0 atom stereocenters. The van der Waals surface area contributed by atoms with Gasteiger partial charge in [0.25, 0.3) is 0 Å². The van der Waals surface area contributed by atoms with Gasteiger partial charge in [0.1, 0.15) is 0 Å². The Bertz CT molecular complexity index is 3530. The number of rotatable bonds is 6. The molecule has 0 heterocycles. The van der Waals surface area contributed by atoms with Gasteiger partial charge in [0.05, 0.1) is 0 Å². The lowest BCUT2D eigenvalue weighted by Crippen LogP contribution is -2.15. The smallest absolute Gasteiger partial charge is 0.0468 e. The van der Waals surface area contributed by atoms with Crippen molar-refractivity contribution in [1.82, 2.24) is 0 Å². The van der Waals surface area contributed by atoms with E-state index in [2.05, 4.69) is 243 Å². The van der Waals surface area contributed by atoms with Crippen LogP contribution in [-0.2, 0) is 5.41 Å². The molecule has 0 aromatic heterocycles. The molecule has 0 fully saturated rings. The standard InChI is InChI=1S/C61H43N/c1-61(2)56-28-16-15-27-53(56)60-49-24-12-11-23-48(49)55(39-57(60)61)59-51-26-14-13-25-50(51)58(42-18-5-3-6-19-42)52-36-32-44(38-54(52)59)41-29-33-46(34-30-41)62(45-21-7-4-8-22-45)47-35-31-40-17-9-10-20-43(40)37-47/h3-39H,1-2H3. The van der Waals surface area contributed by atoms with E-state index in [1.807, 2.05) is 0 Å². The molecular formula is C61H43N. The van der Waals surface area contributed by atoms with Gasteiger partial charge in [-0.3, -0.25) is 0 Å². The maximum Gasteiger partial charge on any atom is 0.0468 e. The van der Waals surface area contributed by atoms with Gasteiger partial charge in [0.15, 0.2) is 0 Å². The van der Waals surface area contributed by atoms with Gasteiger partial charge in [-0.25, -0.2) is 0 Å². The summed E-state index contributed by atoms with van der Waals surface area (Å²) in [5, 5.41) is 10.1. The Labute approximate surface area is 362 Å². The second kappa shape index (κ2) is 14.2. The molecule has 1 nitrogen and oxygen atoms in total. The van der Waals surface area contributed by atoms with Crippen LogP contribution in [0.3, 0.4) is 0 Å². The monoisotopic (exact) mass is 789 g/mol. The largest absolute Gasteiger partial charge is 0.310 e. The molecule has 11 aromatic rings. The van der Waals surface area contributed by atoms with E-state index in [-0.39, 0.29) is 5.41 Å². The summed E-state index contributed by atoms with van der Waals surface area (Å²) in [7, 11) is 0. The average Bonchev–Trinajstić information content (AvgIpc) is 3.56. The van der Waals surface area contributed by atoms with Crippen LogP contribution in [0.5, 0.6) is 0 Å². The van der Waals surface area contributed by atoms with Crippen LogP contribution in [-0.4, -0.2) is 0 Å². The number of para-hydroxylation sites is 1. The van der Waals surface area contributed by atoms with Crippen molar-refractivity contribution in [2.24, 2.45) is 0 Å². The van der Waals surface area contributed by atoms with Crippen molar-refractivity contribution in [2.75, 3.05) is 4.90 Å². The van der Waals surface area contributed by atoms with E-state index in [4.69, 9.17) is 0 Å². The first kappa shape index (κ1) is 36.1. The predicted octanol–water partition coefficient (Wildman–Crippen LogP) is 17.1. The number of nitrogens with zero attached hydrogens (tertiary/aromatic N) is 1. The van der Waals surface area contributed by atoms with Crippen LogP contribution in [0.1, 0.15) is 25.0 Å². The Hall–Kier alpha value is -7.74. The Morgan fingerprint density at radius 3 is 1.60 bits per heavy atom. The Morgan fingerprint density at radius 1 is 0.290 bits per heavy atom. The van der Waals surface area contributed by atoms with Gasteiger partial charge in [-0.05, 0) is 147 Å². The van der Waals surface area contributed by atoms with Gasteiger partial charge in [-0.2, -0.15) is 0 Å². The van der Waals surface area contributed by atoms with E-state index in [0.717, 1.165) is 17.1 Å². The minimum atomic E-state index is -0.145. The number of fused-ring (bicyclic) bond motifs is 8. The van der Waals surface area contributed by atoms with Crippen molar-refractivity contribution < 1.29 is 0 Å². The molecule has 0 amide bonds. The average molecular weight is 790 g/mol. The SMILES string of the molecule is CC1(C)c2ccccc2-c2c1cc(-c1c3ccccc3c(-c3ccccc3)c3ccc(-c4ccc(N(c5ccccc5)c5ccc6ccccc6c5)cc4)cc13)c1ccccc21. The maximum absolute atomic E-state index is 2.54. The van der Waals surface area contributed by atoms with Gasteiger partial charge < -0.3 is 4.90 Å². The minimum absolute atomic E-state index is 0.145. The zero-order valence-corrected chi connectivity index (χ0v) is 34.8. The zero-order valence-electron chi connectivity index (χ0n) is 34.8. The summed E-state index contributed by atoms with van der Waals surface area (Å²) < 4.78 is 0. The molecule has 0 bridgehead atoms. The van der Waals surface area contributed by atoms with E-state index >= 15 is 0 Å². The van der Waals surface area contributed by atoms with Crippen LogP contribution in [0, 0.1) is 0 Å². The molecule has 1 aliphatic carbocycles. The third-order valence-electron chi connectivity index (χ3n) is 13.4. The predicted molar refractivity (Wildman–Crippen MR) is 265 cm³/mol. The van der Waals surface area contributed by atoms with E-state index in [1.165, 1.54) is 98.7 Å². The first-order valence-electron chi connectivity index (χ1n) is 21.7. The summed E-state index contributed by atoms with van der Waals surface area (Å²) in [6.45, 7) is 4.79. The topological polar surface area (TPSA) is 3.24 Å². The quantitative estimate of drug-likeness (QED) is 0.152. The molecule has 11 aromatic carbocycles. The highest BCUT2D eigenvalue weighted by Gasteiger charge is 2.37. The zero-order chi connectivity index (χ0) is 41.4. The van der Waals surface area contributed by atoms with Gasteiger partial charge >= 0.3 is 0 Å². The molecule has 12 rings (SSSR count). The fraction of sp³-hybridized carbons (Fsp3) is 0.0492. The van der Waals surface area contributed by atoms with Gasteiger partial charge in [-0.1, -0.05) is 190 Å². The van der Waals surface area contributed by atoms with Crippen molar-refractivity contribution in [3.05, 3.63) is 236 Å². The van der Waals surface area contributed by atoms with Gasteiger partial charge in [0, 0.05) is 22.5 Å². The summed E-state index contributed by atoms with van der Waals surface area (Å²) in [5.74, 6) is 0. The summed E-state index contributed by atoms with van der Waals surface area (Å²) in [6, 6.07) is 82.9. The molecule has 1 heteroatoms. The number of hydrogen-bond donors (Lipinski definition) is 0. The van der Waals surface area contributed by atoms with E-state index in [0.29, 0.717) is 0 Å². The molecule has 1 aliphatic rings. The molecule has 0 radical (unpaired) electrons. The van der Waals surface area contributed by atoms with Crippen LogP contribution in [0.2, 0.25) is 0 Å². The number of anilines is 3. The third kappa shape index (κ3) is 5.62. The molecular weight excluding hydrogens is 747 g/mol. The Balaban J connectivity index is 1.09. The third-order valence-corrected chi connectivity index (χ3v) is 13.4. The van der Waals surface area contributed by atoms with E-state index < -0.39 is 0 Å². The lowest BCUT2D eigenvalue weighted by atomic mass is 9.78. The molecule has 0 saturated heterocycles. The molecule has 0 N–H and O–H groups in total. The van der Waals surface area contributed by atoms with Crippen molar-refractivity contribution >= 4 is 60.2 Å². The maximum atomic E-state index is 2.54. The molecule has 0 unspecified atom stereocenters. The van der Waals surface area contributed by atoms with Crippen LogP contribution in [0.15, 0.2) is 224 Å². The second-order valence-corrected chi connectivity index (χ2v) is 17.2. The summed E-state index contributed by atoms with van der Waals surface area (Å²) >= 11 is 0. The van der Waals surface area contributed by atoms with Gasteiger partial charge in [-0.15, -0.1) is 0 Å². The Kier molecular flexibility index (Phi) is 8.27. The summed E-state index contributed by atoms with van der Waals surface area (Å²) in [6.07, 6.45) is 0. The van der Waals surface area contributed by atoms with Crippen molar-refractivity contribution in [3.8, 4) is 44.5 Å². The van der Waals surface area contributed by atoms with Crippen LogP contribution in [0.4, 0.5) is 17.1 Å². The summed E-state index contributed by atoms with van der Waals surface area (Å²) in [5.41, 5.74) is 16.1. The van der Waals surface area contributed by atoms with Crippen LogP contribution >= 0.6 is 0 Å². The normalized spacial score (nSPS) is 12.8. The molecule has 0 saturated carbocycles. The van der Waals surface area contributed by atoms with Gasteiger partial charge in [0.2, 0.25) is 0 Å². The molecule has 62 heavy (non-hydrogen) atoms. The highest BCUT2D eigenvalue weighted by Crippen LogP contribution is 2.55. The molecule has 0 aliphatic heterocycles. The lowest BCUT2D eigenvalue weighted by molar-refractivity contribution is 0.661. The van der Waals surface area contributed by atoms with E-state index in [9.17, 15) is 0 Å². The fourth-order valence-electron chi connectivity index (χ4n) is 10.5. The van der Waals surface area contributed by atoms with Crippen molar-refractivity contribution in [2.45, 2.75) is 19.3 Å².